The van der Waals surface area contributed by atoms with Gasteiger partial charge in [0.2, 0.25) is 0 Å². The fourth-order valence-corrected chi connectivity index (χ4v) is 2.59. The van der Waals surface area contributed by atoms with Gasteiger partial charge < -0.3 is 20.3 Å². The van der Waals surface area contributed by atoms with Crippen LogP contribution in [-0.2, 0) is 0 Å². The fraction of sp³-hybridized carbons (Fsp3) is 0.263. The summed E-state index contributed by atoms with van der Waals surface area (Å²) >= 11 is 5.36. The van der Waals surface area contributed by atoms with Gasteiger partial charge in [-0.25, -0.2) is 0 Å². The number of nitrogens with one attached hydrogen (secondary N) is 2. The van der Waals surface area contributed by atoms with E-state index in [1.165, 1.54) is 0 Å². The minimum absolute atomic E-state index is 0.0274. The van der Waals surface area contributed by atoms with Gasteiger partial charge in [-0.3, -0.25) is 4.79 Å². The largest absolute Gasteiger partial charge is 0.497 e. The number of carbonyl (C=O) groups excluding carboxylic acids is 1. The van der Waals surface area contributed by atoms with Crippen LogP contribution in [0.3, 0.4) is 0 Å². The first-order valence-corrected chi connectivity index (χ1v) is 8.34. The zero-order chi connectivity index (χ0) is 18.4. The molecule has 0 saturated heterocycles. The minimum atomic E-state index is -0.0274. The van der Waals surface area contributed by atoms with Gasteiger partial charge in [0.1, 0.15) is 5.75 Å². The summed E-state index contributed by atoms with van der Waals surface area (Å²) < 4.78 is 5.16. The van der Waals surface area contributed by atoms with Gasteiger partial charge >= 0.3 is 0 Å². The summed E-state index contributed by atoms with van der Waals surface area (Å²) in [5, 5.41) is 6.90. The van der Waals surface area contributed by atoms with Gasteiger partial charge in [-0.2, -0.15) is 0 Å². The number of nitrogens with zero attached hydrogens (tertiary/aromatic N) is 1. The molecule has 132 valence electrons. The summed E-state index contributed by atoms with van der Waals surface area (Å²) in [4.78, 5) is 13.4. The second kappa shape index (κ2) is 8.48. The molecule has 2 aromatic carbocycles. The number of amides is 1. The second-order valence-corrected chi connectivity index (χ2v) is 6.28. The smallest absolute Gasteiger partial charge is 0.253 e. The molecule has 0 radical (unpaired) electrons. The Morgan fingerprint density at radius 1 is 1.08 bits per heavy atom. The minimum Gasteiger partial charge on any atom is -0.497 e. The van der Waals surface area contributed by atoms with Crippen LogP contribution in [0.5, 0.6) is 5.75 Å². The number of thiocarbonyl (C=S) groups is 1. The molecule has 0 aliphatic heterocycles. The molecule has 0 spiro atoms. The molecule has 2 aromatic rings. The Bertz CT molecular complexity index is 727. The van der Waals surface area contributed by atoms with Crippen LogP contribution in [0.1, 0.15) is 28.9 Å². The monoisotopic (exact) mass is 357 g/mol. The molecule has 2 rings (SSSR count). The normalized spacial score (nSPS) is 11.4. The summed E-state index contributed by atoms with van der Waals surface area (Å²) in [5.41, 5.74) is 2.58. The molecule has 0 fully saturated rings. The maximum atomic E-state index is 11.9. The molecule has 1 amide bonds. The number of methoxy groups -OCH3 is 1. The Hall–Kier alpha value is -2.60. The highest BCUT2D eigenvalue weighted by Gasteiger charge is 2.09. The van der Waals surface area contributed by atoms with E-state index < -0.39 is 0 Å². The van der Waals surface area contributed by atoms with Crippen molar-refractivity contribution in [3.63, 3.8) is 0 Å². The van der Waals surface area contributed by atoms with Crippen molar-refractivity contribution in [2.75, 3.05) is 26.5 Å². The summed E-state index contributed by atoms with van der Waals surface area (Å²) in [6, 6.07) is 15.1. The Morgan fingerprint density at radius 2 is 1.68 bits per heavy atom. The summed E-state index contributed by atoms with van der Waals surface area (Å²) in [6.07, 6.45) is 0. The lowest BCUT2D eigenvalue weighted by atomic mass is 10.1. The van der Waals surface area contributed by atoms with Crippen molar-refractivity contribution < 1.29 is 9.53 Å². The predicted molar refractivity (Wildman–Crippen MR) is 105 cm³/mol. The molecule has 1 atom stereocenters. The Labute approximate surface area is 154 Å². The molecule has 0 unspecified atom stereocenters. The molecule has 0 saturated carbocycles. The lowest BCUT2D eigenvalue weighted by Gasteiger charge is -2.18. The first kappa shape index (κ1) is 18.7. The molecule has 2 N–H and O–H groups in total. The van der Waals surface area contributed by atoms with E-state index in [2.05, 4.69) is 10.6 Å². The molecule has 0 bridgehead atoms. The molecule has 0 aliphatic carbocycles. The first-order chi connectivity index (χ1) is 11.9. The van der Waals surface area contributed by atoms with Crippen LogP contribution in [-0.4, -0.2) is 37.1 Å². The molecule has 0 aromatic heterocycles. The van der Waals surface area contributed by atoms with Crippen molar-refractivity contribution in [2.45, 2.75) is 13.0 Å². The van der Waals surface area contributed by atoms with E-state index in [-0.39, 0.29) is 11.9 Å². The van der Waals surface area contributed by atoms with Crippen molar-refractivity contribution in [2.24, 2.45) is 0 Å². The van der Waals surface area contributed by atoms with Crippen molar-refractivity contribution in [3.8, 4) is 5.75 Å². The maximum Gasteiger partial charge on any atom is 0.253 e. The van der Waals surface area contributed by atoms with Gasteiger partial charge in [0.05, 0.1) is 13.2 Å². The van der Waals surface area contributed by atoms with Crippen LogP contribution in [0, 0.1) is 0 Å². The predicted octanol–water partition coefficient (Wildman–Crippen LogP) is 3.44. The Morgan fingerprint density at radius 3 is 2.20 bits per heavy atom. The highest BCUT2D eigenvalue weighted by Crippen LogP contribution is 2.17. The third-order valence-electron chi connectivity index (χ3n) is 3.76. The summed E-state index contributed by atoms with van der Waals surface area (Å²) in [5.74, 6) is 0.796. The van der Waals surface area contributed by atoms with Gasteiger partial charge in [0.25, 0.3) is 5.91 Å². The third-order valence-corrected chi connectivity index (χ3v) is 3.98. The van der Waals surface area contributed by atoms with Gasteiger partial charge in [0.15, 0.2) is 5.11 Å². The Balaban J connectivity index is 1.93. The number of ether oxygens (including phenoxy) is 1. The standard InChI is InChI=1S/C19H23N3O2S/c1-13(14-7-11-17(24-4)12-8-14)20-19(25)21-16-9-5-15(6-10-16)18(23)22(2)3/h5-13H,1-4H3,(H2,20,21,25)/t13-/m0/s1. The van der Waals surface area contributed by atoms with E-state index in [0.717, 1.165) is 17.0 Å². The SMILES string of the molecule is COc1ccc([C@H](C)NC(=S)Nc2ccc(C(=O)N(C)C)cc2)cc1. The molecular formula is C19H23N3O2S. The summed E-state index contributed by atoms with van der Waals surface area (Å²) in [7, 11) is 5.11. The highest BCUT2D eigenvalue weighted by atomic mass is 32.1. The van der Waals surface area contributed by atoms with Crippen molar-refractivity contribution in [3.05, 3.63) is 59.7 Å². The lowest BCUT2D eigenvalue weighted by molar-refractivity contribution is 0.0827. The summed E-state index contributed by atoms with van der Waals surface area (Å²) in [6.45, 7) is 2.04. The number of anilines is 1. The lowest BCUT2D eigenvalue weighted by Crippen LogP contribution is -2.30. The number of carbonyl (C=O) groups is 1. The molecule has 6 heteroatoms. The molecular weight excluding hydrogens is 334 g/mol. The van der Waals surface area contributed by atoms with Crippen molar-refractivity contribution in [1.82, 2.24) is 10.2 Å². The van der Waals surface area contributed by atoms with Gasteiger partial charge in [-0.05, 0) is 61.1 Å². The van der Waals surface area contributed by atoms with E-state index >= 15 is 0 Å². The van der Waals surface area contributed by atoms with E-state index in [9.17, 15) is 4.79 Å². The number of benzene rings is 2. The molecule has 0 heterocycles. The van der Waals surface area contributed by atoms with Crippen LogP contribution in [0.4, 0.5) is 5.69 Å². The zero-order valence-corrected chi connectivity index (χ0v) is 15.7. The van der Waals surface area contributed by atoms with Crippen LogP contribution in [0.2, 0.25) is 0 Å². The fourth-order valence-electron chi connectivity index (χ4n) is 2.29. The van der Waals surface area contributed by atoms with E-state index in [1.807, 2.05) is 43.3 Å². The van der Waals surface area contributed by atoms with Gasteiger partial charge in [-0.1, -0.05) is 12.1 Å². The number of rotatable bonds is 5. The maximum absolute atomic E-state index is 11.9. The Kier molecular flexibility index (Phi) is 6.36. The second-order valence-electron chi connectivity index (χ2n) is 5.87. The van der Waals surface area contributed by atoms with Crippen LogP contribution in [0.25, 0.3) is 0 Å². The van der Waals surface area contributed by atoms with E-state index in [4.69, 9.17) is 17.0 Å². The first-order valence-electron chi connectivity index (χ1n) is 7.94. The average molecular weight is 357 g/mol. The van der Waals surface area contributed by atoms with Gasteiger partial charge in [-0.15, -0.1) is 0 Å². The average Bonchev–Trinajstić information content (AvgIpc) is 2.61. The van der Waals surface area contributed by atoms with E-state index in [0.29, 0.717) is 10.7 Å². The highest BCUT2D eigenvalue weighted by molar-refractivity contribution is 7.80. The van der Waals surface area contributed by atoms with Crippen LogP contribution < -0.4 is 15.4 Å². The topological polar surface area (TPSA) is 53.6 Å². The van der Waals surface area contributed by atoms with Crippen LogP contribution >= 0.6 is 12.2 Å². The van der Waals surface area contributed by atoms with E-state index in [1.54, 1.807) is 38.2 Å². The molecule has 0 aliphatic rings. The third kappa shape index (κ3) is 5.19. The number of hydrogen-bond donors (Lipinski definition) is 2. The van der Waals surface area contributed by atoms with Crippen LogP contribution in [0.15, 0.2) is 48.5 Å². The molecule has 5 nitrogen and oxygen atoms in total. The van der Waals surface area contributed by atoms with Gasteiger partial charge in [0, 0.05) is 25.3 Å². The van der Waals surface area contributed by atoms with Crippen molar-refractivity contribution in [1.29, 1.82) is 0 Å². The zero-order valence-electron chi connectivity index (χ0n) is 14.9. The molecule has 25 heavy (non-hydrogen) atoms. The number of hydrogen-bond acceptors (Lipinski definition) is 3. The quantitative estimate of drug-likeness (QED) is 0.803. The van der Waals surface area contributed by atoms with Crippen molar-refractivity contribution >= 4 is 28.9 Å².